The van der Waals surface area contributed by atoms with E-state index in [9.17, 15) is 18.0 Å². The molecule has 0 radical (unpaired) electrons. The molecular weight excluding hydrogens is 457 g/mol. The number of fused-ring (bicyclic) bond motifs is 2. The minimum atomic E-state index is -4.42. The van der Waals surface area contributed by atoms with Crippen LogP contribution in [-0.4, -0.2) is 19.7 Å². The smallest absolute Gasteiger partial charge is 0.416 e. The third-order valence-corrected chi connectivity index (χ3v) is 6.78. The molecule has 0 bridgehead atoms. The lowest BCUT2D eigenvalue weighted by molar-refractivity contribution is -0.141. The Kier molecular flexibility index (Phi) is 6.17. The van der Waals surface area contributed by atoms with E-state index in [1.807, 2.05) is 42.5 Å². The number of halogens is 3. The Hall–Kier alpha value is -3.48. The molecule has 7 heteroatoms. The van der Waals surface area contributed by atoms with E-state index in [4.69, 9.17) is 14.2 Å². The average Bonchev–Trinajstić information content (AvgIpc) is 3.43. The van der Waals surface area contributed by atoms with Crippen LogP contribution in [0.5, 0.6) is 11.5 Å². The fourth-order valence-electron chi connectivity index (χ4n) is 5.08. The van der Waals surface area contributed by atoms with Crippen LogP contribution in [0.25, 0.3) is 0 Å². The van der Waals surface area contributed by atoms with Crippen molar-refractivity contribution >= 4 is 5.97 Å². The maximum atomic E-state index is 13.9. The molecule has 0 fully saturated rings. The number of carbonyl (C=O) groups excluding carboxylic acids is 1. The average molecular weight is 482 g/mol. The zero-order valence-electron chi connectivity index (χ0n) is 19.2. The van der Waals surface area contributed by atoms with E-state index in [0.29, 0.717) is 36.5 Å². The van der Waals surface area contributed by atoms with Crippen molar-refractivity contribution in [2.75, 3.05) is 13.7 Å². The summed E-state index contributed by atoms with van der Waals surface area (Å²) in [6, 6.07) is 17.5. The van der Waals surface area contributed by atoms with Crippen LogP contribution in [0.4, 0.5) is 13.2 Å². The van der Waals surface area contributed by atoms with E-state index in [0.717, 1.165) is 22.3 Å². The fourth-order valence-corrected chi connectivity index (χ4v) is 5.08. The highest BCUT2D eigenvalue weighted by molar-refractivity contribution is 5.71. The zero-order valence-corrected chi connectivity index (χ0v) is 19.2. The number of hydrogen-bond donors (Lipinski definition) is 0. The number of esters is 1. The van der Waals surface area contributed by atoms with Gasteiger partial charge in [-0.15, -0.1) is 0 Å². The van der Waals surface area contributed by atoms with Crippen molar-refractivity contribution in [1.82, 2.24) is 0 Å². The molecule has 0 saturated heterocycles. The summed E-state index contributed by atoms with van der Waals surface area (Å²) in [7, 11) is 1.36. The highest BCUT2D eigenvalue weighted by Crippen LogP contribution is 2.44. The van der Waals surface area contributed by atoms with Gasteiger partial charge in [0.05, 0.1) is 25.7 Å². The van der Waals surface area contributed by atoms with Gasteiger partial charge in [-0.1, -0.05) is 42.5 Å². The van der Waals surface area contributed by atoms with Gasteiger partial charge in [-0.05, 0) is 53.6 Å². The molecule has 0 aromatic heterocycles. The molecule has 0 saturated carbocycles. The Morgan fingerprint density at radius 1 is 1.06 bits per heavy atom. The highest BCUT2D eigenvalue weighted by atomic mass is 19.4. The van der Waals surface area contributed by atoms with Crippen molar-refractivity contribution in [3.05, 3.63) is 94.0 Å². The topological polar surface area (TPSA) is 44.8 Å². The van der Waals surface area contributed by atoms with E-state index >= 15 is 0 Å². The van der Waals surface area contributed by atoms with Crippen molar-refractivity contribution in [2.24, 2.45) is 0 Å². The maximum absolute atomic E-state index is 13.9. The second-order valence-electron chi connectivity index (χ2n) is 8.95. The SMILES string of the molecule is COC(=O)CC1COc2cc(O[C@@H]3CCc4c3ccc(C(F)(F)F)c4Cc3ccccc3)ccc21. The summed E-state index contributed by atoms with van der Waals surface area (Å²) < 4.78 is 58.3. The van der Waals surface area contributed by atoms with Crippen LogP contribution in [-0.2, 0) is 28.5 Å². The van der Waals surface area contributed by atoms with Crippen LogP contribution in [0.3, 0.4) is 0 Å². The Morgan fingerprint density at radius 2 is 1.83 bits per heavy atom. The summed E-state index contributed by atoms with van der Waals surface area (Å²) >= 11 is 0. The molecule has 0 amide bonds. The van der Waals surface area contributed by atoms with Crippen LogP contribution in [0, 0.1) is 0 Å². The first-order valence-electron chi connectivity index (χ1n) is 11.6. The van der Waals surface area contributed by atoms with Gasteiger partial charge in [0, 0.05) is 17.5 Å². The summed E-state index contributed by atoms with van der Waals surface area (Å²) in [6.07, 6.45) is -3.18. The van der Waals surface area contributed by atoms with Crippen LogP contribution in [0.2, 0.25) is 0 Å². The second kappa shape index (κ2) is 9.29. The van der Waals surface area contributed by atoms with Crippen LogP contribution in [0.1, 0.15) is 58.2 Å². The normalized spacial score (nSPS) is 18.5. The summed E-state index contributed by atoms with van der Waals surface area (Å²) in [5.41, 5.74) is 3.04. The number of carbonyl (C=O) groups is 1. The molecule has 182 valence electrons. The van der Waals surface area contributed by atoms with Gasteiger partial charge in [-0.3, -0.25) is 4.79 Å². The lowest BCUT2D eigenvalue weighted by Crippen LogP contribution is -2.13. The van der Waals surface area contributed by atoms with Crippen molar-refractivity contribution in [3.8, 4) is 11.5 Å². The first-order valence-corrected chi connectivity index (χ1v) is 11.6. The van der Waals surface area contributed by atoms with E-state index in [1.54, 1.807) is 12.1 Å². The standard InChI is InChI=1S/C28H25F3O4/c1-33-27(32)14-18-16-34-26-15-19(7-8-20(18)26)35-25-12-10-21-22(25)9-11-24(28(29,30)31)23(21)13-17-5-3-2-4-6-17/h2-9,11,15,18,25H,10,12-14,16H2,1H3/t18?,25-/m1/s1. The van der Waals surface area contributed by atoms with Gasteiger partial charge in [0.25, 0.3) is 0 Å². The molecule has 5 rings (SSSR count). The van der Waals surface area contributed by atoms with Gasteiger partial charge < -0.3 is 14.2 Å². The van der Waals surface area contributed by atoms with Crippen molar-refractivity contribution < 1.29 is 32.2 Å². The third-order valence-electron chi connectivity index (χ3n) is 6.78. The third kappa shape index (κ3) is 4.72. The van der Waals surface area contributed by atoms with E-state index < -0.39 is 11.7 Å². The van der Waals surface area contributed by atoms with Crippen molar-refractivity contribution in [2.45, 2.75) is 43.9 Å². The Bertz CT molecular complexity index is 1240. The monoisotopic (exact) mass is 482 g/mol. The molecule has 0 N–H and O–H groups in total. The highest BCUT2D eigenvalue weighted by Gasteiger charge is 2.37. The van der Waals surface area contributed by atoms with Gasteiger partial charge in [0.15, 0.2) is 0 Å². The van der Waals surface area contributed by atoms with Gasteiger partial charge in [-0.2, -0.15) is 13.2 Å². The molecular formula is C28H25F3O4. The largest absolute Gasteiger partial charge is 0.492 e. The second-order valence-corrected chi connectivity index (χ2v) is 8.95. The molecule has 35 heavy (non-hydrogen) atoms. The molecule has 1 heterocycles. The van der Waals surface area contributed by atoms with Gasteiger partial charge >= 0.3 is 12.1 Å². The van der Waals surface area contributed by atoms with Crippen molar-refractivity contribution in [1.29, 1.82) is 0 Å². The molecule has 3 aromatic carbocycles. The van der Waals surface area contributed by atoms with Gasteiger partial charge in [0.1, 0.15) is 17.6 Å². The first kappa shape index (κ1) is 23.3. The minimum absolute atomic E-state index is 0.0694. The van der Waals surface area contributed by atoms with E-state index in [2.05, 4.69) is 0 Å². The summed E-state index contributed by atoms with van der Waals surface area (Å²) in [4.78, 5) is 11.6. The minimum Gasteiger partial charge on any atom is -0.492 e. The van der Waals surface area contributed by atoms with Crippen LogP contribution < -0.4 is 9.47 Å². The summed E-state index contributed by atoms with van der Waals surface area (Å²) in [5.74, 6) is 0.885. The summed E-state index contributed by atoms with van der Waals surface area (Å²) in [6.45, 7) is 0.392. The first-order chi connectivity index (χ1) is 16.8. The van der Waals surface area contributed by atoms with Gasteiger partial charge in [0.2, 0.25) is 0 Å². The maximum Gasteiger partial charge on any atom is 0.416 e. The predicted octanol–water partition coefficient (Wildman–Crippen LogP) is 6.40. The number of methoxy groups -OCH3 is 1. The lowest BCUT2D eigenvalue weighted by atomic mass is 9.92. The molecule has 2 atom stereocenters. The number of benzene rings is 3. The molecule has 0 spiro atoms. The lowest BCUT2D eigenvalue weighted by Gasteiger charge is -2.20. The van der Waals surface area contributed by atoms with Gasteiger partial charge in [-0.25, -0.2) is 0 Å². The summed E-state index contributed by atoms with van der Waals surface area (Å²) in [5, 5.41) is 0. The van der Waals surface area contributed by atoms with Crippen LogP contribution in [0.15, 0.2) is 60.7 Å². The van der Waals surface area contributed by atoms with E-state index in [-0.39, 0.29) is 30.8 Å². The number of ether oxygens (including phenoxy) is 3. The van der Waals surface area contributed by atoms with E-state index in [1.165, 1.54) is 13.2 Å². The zero-order chi connectivity index (χ0) is 24.6. The molecule has 4 nitrogen and oxygen atoms in total. The molecule has 1 aliphatic carbocycles. The Balaban J connectivity index is 1.40. The number of rotatable bonds is 6. The quantitative estimate of drug-likeness (QED) is 0.382. The fraction of sp³-hybridized carbons (Fsp3) is 0.321. The Labute approximate surface area is 201 Å². The van der Waals surface area contributed by atoms with Crippen LogP contribution >= 0.6 is 0 Å². The number of alkyl halides is 3. The molecule has 3 aromatic rings. The Morgan fingerprint density at radius 3 is 2.57 bits per heavy atom. The number of hydrogen-bond acceptors (Lipinski definition) is 4. The van der Waals surface area contributed by atoms with Crippen molar-refractivity contribution in [3.63, 3.8) is 0 Å². The predicted molar refractivity (Wildman–Crippen MR) is 124 cm³/mol. The molecule has 2 aliphatic rings. The molecule has 1 aliphatic heterocycles. The molecule has 1 unspecified atom stereocenters.